The maximum absolute atomic E-state index is 6.11. The average Bonchev–Trinajstić information content (AvgIpc) is 2.86. The molecule has 33 heavy (non-hydrogen) atoms. The Hall–Kier alpha value is -3.44. The summed E-state index contributed by atoms with van der Waals surface area (Å²) in [6, 6.07) is 20.3. The monoisotopic (exact) mass is 455 g/mol. The lowest BCUT2D eigenvalue weighted by Crippen LogP contribution is -2.47. The lowest BCUT2D eigenvalue weighted by molar-refractivity contribution is 0.646. The second kappa shape index (κ2) is 9.20. The normalized spacial score (nSPS) is 13.9. The predicted octanol–water partition coefficient (Wildman–Crippen LogP) is 5.80. The summed E-state index contributed by atoms with van der Waals surface area (Å²) in [5, 5.41) is 0.711. The Morgan fingerprint density at radius 2 is 1.55 bits per heavy atom. The van der Waals surface area contributed by atoms with Crippen molar-refractivity contribution in [3.05, 3.63) is 89.2 Å². The van der Waals surface area contributed by atoms with Gasteiger partial charge >= 0.3 is 0 Å². The van der Waals surface area contributed by atoms with E-state index in [4.69, 9.17) is 21.6 Å². The molecule has 0 bridgehead atoms. The molecule has 0 saturated carbocycles. The Bertz CT molecular complexity index is 1250. The Kier molecular flexibility index (Phi) is 5.97. The standard InChI is InChI=1S/C27H26ClN5/c1-19-5-3-7-25(20(19)2)32-13-15-33(16-14-32)26-17-24(21-8-10-23(28)11-9-21)30-27(31-26)22-6-4-12-29-18-22/h3-12,17-18H,13-16H2,1-2H3. The minimum Gasteiger partial charge on any atom is -0.368 e. The van der Waals surface area contributed by atoms with E-state index in [9.17, 15) is 0 Å². The molecular formula is C27H26ClN5. The molecule has 0 spiro atoms. The molecule has 1 fully saturated rings. The zero-order valence-electron chi connectivity index (χ0n) is 18.9. The van der Waals surface area contributed by atoms with Gasteiger partial charge in [-0.25, -0.2) is 9.97 Å². The molecule has 5 nitrogen and oxygen atoms in total. The number of pyridine rings is 1. The van der Waals surface area contributed by atoms with Crippen LogP contribution >= 0.6 is 11.6 Å². The van der Waals surface area contributed by atoms with Crippen LogP contribution in [0.15, 0.2) is 73.1 Å². The number of anilines is 2. The quantitative estimate of drug-likeness (QED) is 0.389. The van der Waals surface area contributed by atoms with Gasteiger partial charge in [-0.15, -0.1) is 0 Å². The summed E-state index contributed by atoms with van der Waals surface area (Å²) in [6.07, 6.45) is 3.57. The maximum atomic E-state index is 6.11. The molecular weight excluding hydrogens is 430 g/mol. The van der Waals surface area contributed by atoms with Crippen LogP contribution in [-0.4, -0.2) is 41.1 Å². The first-order valence-electron chi connectivity index (χ1n) is 11.2. The third-order valence-electron chi connectivity index (χ3n) is 6.29. The molecule has 2 aromatic carbocycles. The molecule has 1 aliphatic rings. The highest BCUT2D eigenvalue weighted by atomic mass is 35.5. The van der Waals surface area contributed by atoms with Gasteiger partial charge in [0.25, 0.3) is 0 Å². The summed E-state index contributed by atoms with van der Waals surface area (Å²) >= 11 is 6.11. The van der Waals surface area contributed by atoms with Gasteiger partial charge in [0.1, 0.15) is 5.82 Å². The van der Waals surface area contributed by atoms with E-state index in [2.05, 4.69) is 52.9 Å². The minimum atomic E-state index is 0.683. The van der Waals surface area contributed by atoms with E-state index in [0.29, 0.717) is 10.8 Å². The van der Waals surface area contributed by atoms with Crippen LogP contribution in [0.2, 0.25) is 5.02 Å². The van der Waals surface area contributed by atoms with Crippen molar-refractivity contribution in [3.63, 3.8) is 0 Å². The summed E-state index contributed by atoms with van der Waals surface area (Å²) in [5.74, 6) is 1.62. The fourth-order valence-corrected chi connectivity index (χ4v) is 4.37. The van der Waals surface area contributed by atoms with Gasteiger partial charge in [0.15, 0.2) is 5.82 Å². The highest BCUT2D eigenvalue weighted by Gasteiger charge is 2.21. The lowest BCUT2D eigenvalue weighted by atomic mass is 10.1. The molecule has 0 radical (unpaired) electrons. The van der Waals surface area contributed by atoms with E-state index in [-0.39, 0.29) is 0 Å². The summed E-state index contributed by atoms with van der Waals surface area (Å²) in [7, 11) is 0. The summed E-state index contributed by atoms with van der Waals surface area (Å²) < 4.78 is 0. The molecule has 6 heteroatoms. The third-order valence-corrected chi connectivity index (χ3v) is 6.54. The van der Waals surface area contributed by atoms with Gasteiger partial charge in [0, 0.05) is 66.5 Å². The van der Waals surface area contributed by atoms with Crippen LogP contribution in [0.3, 0.4) is 0 Å². The van der Waals surface area contributed by atoms with E-state index in [1.807, 2.05) is 42.6 Å². The summed E-state index contributed by atoms with van der Waals surface area (Å²) in [6.45, 7) is 8.09. The van der Waals surface area contributed by atoms with E-state index in [0.717, 1.165) is 48.8 Å². The van der Waals surface area contributed by atoms with Crippen molar-refractivity contribution in [2.75, 3.05) is 36.0 Å². The van der Waals surface area contributed by atoms with Crippen LogP contribution in [0.25, 0.3) is 22.6 Å². The van der Waals surface area contributed by atoms with Crippen molar-refractivity contribution in [3.8, 4) is 22.6 Å². The second-order valence-electron chi connectivity index (χ2n) is 8.38. The van der Waals surface area contributed by atoms with Crippen molar-refractivity contribution in [1.82, 2.24) is 15.0 Å². The molecule has 3 heterocycles. The van der Waals surface area contributed by atoms with E-state index in [1.54, 1.807) is 6.20 Å². The summed E-state index contributed by atoms with van der Waals surface area (Å²) in [4.78, 5) is 18.9. The van der Waals surface area contributed by atoms with Crippen LogP contribution in [0.1, 0.15) is 11.1 Å². The number of halogens is 1. The smallest absolute Gasteiger partial charge is 0.163 e. The van der Waals surface area contributed by atoms with Crippen LogP contribution in [-0.2, 0) is 0 Å². The van der Waals surface area contributed by atoms with Gasteiger partial charge in [-0.05, 0) is 55.3 Å². The molecule has 4 aromatic rings. The van der Waals surface area contributed by atoms with Crippen molar-refractivity contribution < 1.29 is 0 Å². The highest BCUT2D eigenvalue weighted by Crippen LogP contribution is 2.29. The number of aryl methyl sites for hydroxylation is 1. The topological polar surface area (TPSA) is 45.2 Å². The number of nitrogens with zero attached hydrogens (tertiary/aromatic N) is 5. The molecule has 5 rings (SSSR count). The molecule has 166 valence electrons. The molecule has 0 amide bonds. The van der Waals surface area contributed by atoms with Crippen LogP contribution < -0.4 is 9.80 Å². The Labute approximate surface area is 199 Å². The number of piperazine rings is 1. The van der Waals surface area contributed by atoms with Crippen LogP contribution in [0.4, 0.5) is 11.5 Å². The van der Waals surface area contributed by atoms with Gasteiger partial charge in [-0.3, -0.25) is 4.98 Å². The lowest BCUT2D eigenvalue weighted by Gasteiger charge is -2.37. The molecule has 0 aliphatic carbocycles. The first-order chi connectivity index (χ1) is 16.1. The molecule has 1 aliphatic heterocycles. The Morgan fingerprint density at radius 1 is 0.788 bits per heavy atom. The molecule has 0 atom stereocenters. The van der Waals surface area contributed by atoms with E-state index >= 15 is 0 Å². The van der Waals surface area contributed by atoms with Crippen molar-refractivity contribution >= 4 is 23.1 Å². The fourth-order valence-electron chi connectivity index (χ4n) is 4.24. The van der Waals surface area contributed by atoms with E-state index < -0.39 is 0 Å². The largest absolute Gasteiger partial charge is 0.368 e. The van der Waals surface area contributed by atoms with Gasteiger partial charge in [-0.2, -0.15) is 0 Å². The van der Waals surface area contributed by atoms with E-state index in [1.165, 1.54) is 16.8 Å². The highest BCUT2D eigenvalue weighted by molar-refractivity contribution is 6.30. The van der Waals surface area contributed by atoms with Crippen molar-refractivity contribution in [2.45, 2.75) is 13.8 Å². The number of aromatic nitrogens is 3. The average molecular weight is 456 g/mol. The molecule has 0 unspecified atom stereocenters. The fraction of sp³-hybridized carbons (Fsp3) is 0.222. The van der Waals surface area contributed by atoms with Gasteiger partial charge in [0.05, 0.1) is 5.69 Å². The van der Waals surface area contributed by atoms with Crippen LogP contribution in [0.5, 0.6) is 0 Å². The Balaban J connectivity index is 1.46. The van der Waals surface area contributed by atoms with Crippen molar-refractivity contribution in [2.24, 2.45) is 0 Å². The zero-order chi connectivity index (χ0) is 22.8. The first-order valence-corrected chi connectivity index (χ1v) is 11.6. The maximum Gasteiger partial charge on any atom is 0.163 e. The number of rotatable bonds is 4. The number of hydrogen-bond donors (Lipinski definition) is 0. The third kappa shape index (κ3) is 4.55. The zero-order valence-corrected chi connectivity index (χ0v) is 19.6. The van der Waals surface area contributed by atoms with Crippen LogP contribution in [0, 0.1) is 13.8 Å². The number of hydrogen-bond acceptors (Lipinski definition) is 5. The second-order valence-corrected chi connectivity index (χ2v) is 8.81. The molecule has 1 saturated heterocycles. The first kappa shape index (κ1) is 21.4. The van der Waals surface area contributed by atoms with Crippen molar-refractivity contribution in [1.29, 1.82) is 0 Å². The minimum absolute atomic E-state index is 0.683. The Morgan fingerprint density at radius 3 is 2.27 bits per heavy atom. The number of benzene rings is 2. The van der Waals surface area contributed by atoms with Gasteiger partial charge in [-0.1, -0.05) is 35.9 Å². The van der Waals surface area contributed by atoms with Gasteiger partial charge < -0.3 is 9.80 Å². The summed E-state index contributed by atoms with van der Waals surface area (Å²) in [5.41, 5.74) is 6.82. The van der Waals surface area contributed by atoms with Gasteiger partial charge in [0.2, 0.25) is 0 Å². The molecule has 2 aromatic heterocycles. The predicted molar refractivity (Wildman–Crippen MR) is 136 cm³/mol. The SMILES string of the molecule is Cc1cccc(N2CCN(c3cc(-c4ccc(Cl)cc4)nc(-c4cccnc4)n3)CC2)c1C. The molecule has 0 N–H and O–H groups in total.